The van der Waals surface area contributed by atoms with Crippen LogP contribution in [0, 0.1) is 25.3 Å². The first kappa shape index (κ1) is 41.6. The summed E-state index contributed by atoms with van der Waals surface area (Å²) in [6, 6.07) is 11.2. The van der Waals surface area contributed by atoms with Gasteiger partial charge in [-0.3, -0.25) is 9.89 Å². The Kier molecular flexibility index (Phi) is 14.0. The molecule has 0 aliphatic heterocycles. The molecular weight excluding hydrogens is 713 g/mol. The van der Waals surface area contributed by atoms with Crippen molar-refractivity contribution in [3.8, 4) is 28.8 Å². The lowest BCUT2D eigenvalue weighted by Crippen LogP contribution is -2.34. The number of nitrogens with one attached hydrogen (secondary N) is 2. The minimum atomic E-state index is -0.755. The van der Waals surface area contributed by atoms with Gasteiger partial charge >= 0.3 is 12.1 Å². The fraction of sp³-hybridized carbons (Fsp3) is 0.512. The van der Waals surface area contributed by atoms with Crippen LogP contribution >= 0.6 is 0 Å². The number of ether oxygens (including phenoxy) is 4. The van der Waals surface area contributed by atoms with Crippen molar-refractivity contribution in [2.45, 2.75) is 112 Å². The van der Waals surface area contributed by atoms with Crippen LogP contribution in [-0.2, 0) is 16.0 Å². The fourth-order valence-electron chi connectivity index (χ4n) is 7.43. The molecule has 56 heavy (non-hydrogen) atoms. The standard InChI is InChI=1S/C43H56N6O7/c1-10-14-15-19-29-24-26(5)20-22-33(29)54-32(11-2)40(50)45-30-21-23-34(53-9)31(25-30)38-46-39-35(42(51)55-37-27(6)17-16-18-28(37)7)36(44-8)41(49(39)47-38)56-43(52)48(12-3)13-4/h20-25,27-28,32,37H,10-19H2,1-7,9H3,(H,45,50)(H,46,47). The SMILES string of the molecule is [C-]#[N+]c1c(C(=O)OC2C(C)CCCC2C)c2nc(-c3cc(NC(=O)C(CC)Oc4ccc(C)cc4CCCCC)ccc3OC)[nH]n2c1OC(=O)N(CC)CC. The van der Waals surface area contributed by atoms with Gasteiger partial charge in [-0.05, 0) is 94.5 Å². The molecule has 2 N–H and O–H groups in total. The Morgan fingerprint density at radius 3 is 2.39 bits per heavy atom. The minimum Gasteiger partial charge on any atom is -0.496 e. The van der Waals surface area contributed by atoms with Crippen LogP contribution in [0.4, 0.5) is 16.2 Å². The van der Waals surface area contributed by atoms with Crippen molar-refractivity contribution in [1.29, 1.82) is 0 Å². The maximum Gasteiger partial charge on any atom is 0.415 e. The second-order valence-electron chi connectivity index (χ2n) is 14.7. The molecule has 13 heteroatoms. The van der Waals surface area contributed by atoms with E-state index in [1.807, 2.05) is 39.8 Å². The zero-order valence-electron chi connectivity index (χ0n) is 34.0. The van der Waals surface area contributed by atoms with Crippen molar-refractivity contribution in [2.75, 3.05) is 25.5 Å². The van der Waals surface area contributed by atoms with Gasteiger partial charge in [0.05, 0.1) is 19.2 Å². The van der Waals surface area contributed by atoms with Crippen molar-refractivity contribution in [3.63, 3.8) is 0 Å². The number of esters is 1. The number of rotatable bonds is 16. The van der Waals surface area contributed by atoms with Crippen LogP contribution in [0.3, 0.4) is 0 Å². The Morgan fingerprint density at radius 2 is 1.75 bits per heavy atom. The van der Waals surface area contributed by atoms with Gasteiger partial charge in [0.2, 0.25) is 5.88 Å². The number of anilines is 1. The van der Waals surface area contributed by atoms with Crippen LogP contribution in [-0.4, -0.2) is 69.9 Å². The largest absolute Gasteiger partial charge is 0.496 e. The smallest absolute Gasteiger partial charge is 0.415 e. The average Bonchev–Trinajstić information content (AvgIpc) is 3.73. The van der Waals surface area contributed by atoms with Gasteiger partial charge in [0.1, 0.15) is 23.2 Å². The first-order valence-electron chi connectivity index (χ1n) is 19.9. The summed E-state index contributed by atoms with van der Waals surface area (Å²) in [5.41, 5.74) is 2.89. The number of aromatic nitrogens is 3. The average molecular weight is 769 g/mol. The number of H-pyrrole nitrogens is 1. The minimum absolute atomic E-state index is 0.0539. The van der Waals surface area contributed by atoms with Crippen molar-refractivity contribution >= 4 is 35.0 Å². The molecule has 0 saturated heterocycles. The van der Waals surface area contributed by atoms with E-state index in [-0.39, 0.29) is 52.4 Å². The predicted molar refractivity (Wildman–Crippen MR) is 216 cm³/mol. The van der Waals surface area contributed by atoms with Gasteiger partial charge in [-0.25, -0.2) is 23.9 Å². The van der Waals surface area contributed by atoms with E-state index in [1.54, 1.807) is 18.2 Å². The molecule has 0 spiro atoms. The number of unbranched alkanes of at least 4 members (excludes halogenated alkanes) is 2. The number of nitrogens with zero attached hydrogens (tertiary/aromatic N) is 4. The van der Waals surface area contributed by atoms with Crippen LogP contribution in [0.25, 0.3) is 21.9 Å². The number of aromatic amines is 1. The molecule has 2 aromatic heterocycles. The van der Waals surface area contributed by atoms with E-state index in [0.717, 1.165) is 56.1 Å². The Balaban J connectivity index is 1.51. The second-order valence-corrected chi connectivity index (χ2v) is 14.7. The number of carbonyl (C=O) groups excluding carboxylic acids is 3. The molecule has 4 aromatic rings. The molecule has 2 aromatic carbocycles. The van der Waals surface area contributed by atoms with Crippen LogP contribution in [0.15, 0.2) is 36.4 Å². The number of fused-ring (bicyclic) bond motifs is 1. The lowest BCUT2D eigenvalue weighted by Gasteiger charge is -2.33. The quantitative estimate of drug-likeness (QED) is 0.0653. The first-order chi connectivity index (χ1) is 27.0. The van der Waals surface area contributed by atoms with E-state index in [2.05, 4.69) is 42.1 Å². The highest BCUT2D eigenvalue weighted by atomic mass is 16.6. The molecule has 1 fully saturated rings. The lowest BCUT2D eigenvalue weighted by molar-refractivity contribution is -0.122. The molecule has 13 nitrogen and oxygen atoms in total. The summed E-state index contributed by atoms with van der Waals surface area (Å²) in [4.78, 5) is 50.9. The lowest BCUT2D eigenvalue weighted by atomic mass is 9.80. The molecule has 1 saturated carbocycles. The van der Waals surface area contributed by atoms with Crippen molar-refractivity contribution in [2.24, 2.45) is 11.8 Å². The number of methoxy groups -OCH3 is 1. The van der Waals surface area contributed by atoms with Crippen molar-refractivity contribution < 1.29 is 33.3 Å². The number of hydrogen-bond donors (Lipinski definition) is 2. The van der Waals surface area contributed by atoms with Gasteiger partial charge < -0.3 is 29.2 Å². The molecule has 3 atom stereocenters. The third-order valence-corrected chi connectivity index (χ3v) is 10.6. The van der Waals surface area contributed by atoms with Gasteiger partial charge in [0, 0.05) is 18.8 Å². The van der Waals surface area contributed by atoms with Crippen LogP contribution < -0.4 is 19.5 Å². The highest BCUT2D eigenvalue weighted by Crippen LogP contribution is 2.41. The van der Waals surface area contributed by atoms with Gasteiger partial charge in [-0.2, -0.15) is 0 Å². The molecule has 1 aliphatic rings. The van der Waals surface area contributed by atoms with E-state index in [9.17, 15) is 14.4 Å². The maximum absolute atomic E-state index is 14.0. The molecule has 300 valence electrons. The van der Waals surface area contributed by atoms with Crippen LogP contribution in [0.2, 0.25) is 0 Å². The van der Waals surface area contributed by atoms with E-state index in [4.69, 9.17) is 30.5 Å². The molecule has 1 aliphatic carbocycles. The summed E-state index contributed by atoms with van der Waals surface area (Å²) in [7, 11) is 1.51. The number of hydrogen-bond acceptors (Lipinski definition) is 8. The number of amides is 2. The summed E-state index contributed by atoms with van der Waals surface area (Å²) in [5, 5.41) is 6.12. The third-order valence-electron chi connectivity index (χ3n) is 10.6. The summed E-state index contributed by atoms with van der Waals surface area (Å²) < 4.78 is 25.3. The van der Waals surface area contributed by atoms with Gasteiger partial charge in [0.15, 0.2) is 17.6 Å². The van der Waals surface area contributed by atoms with E-state index in [1.165, 1.54) is 16.5 Å². The fourth-order valence-corrected chi connectivity index (χ4v) is 7.43. The van der Waals surface area contributed by atoms with Crippen molar-refractivity contribution in [1.82, 2.24) is 19.5 Å². The van der Waals surface area contributed by atoms with Crippen molar-refractivity contribution in [3.05, 3.63) is 64.5 Å². The van der Waals surface area contributed by atoms with E-state index < -0.39 is 18.2 Å². The van der Waals surface area contributed by atoms with Gasteiger partial charge in [0.25, 0.3) is 11.6 Å². The molecule has 0 bridgehead atoms. The molecule has 2 heterocycles. The zero-order valence-corrected chi connectivity index (χ0v) is 34.0. The Labute approximate surface area is 329 Å². The van der Waals surface area contributed by atoms with Crippen LogP contribution in [0.1, 0.15) is 108 Å². The Hall–Kier alpha value is -5.51. The number of aryl methyl sites for hydroxylation is 2. The number of benzene rings is 2. The molecule has 0 radical (unpaired) electrons. The summed E-state index contributed by atoms with van der Waals surface area (Å²) in [6.07, 6.45) is 5.69. The normalized spacial score (nSPS) is 17.2. The number of carbonyl (C=O) groups is 3. The molecular formula is C43H56N6O7. The zero-order chi connectivity index (χ0) is 40.5. The van der Waals surface area contributed by atoms with E-state index >= 15 is 0 Å². The highest BCUT2D eigenvalue weighted by molar-refractivity contribution is 6.05. The highest BCUT2D eigenvalue weighted by Gasteiger charge is 2.36. The Bertz CT molecular complexity index is 2050. The molecule has 2 amide bonds. The summed E-state index contributed by atoms with van der Waals surface area (Å²) >= 11 is 0. The third kappa shape index (κ3) is 9.12. The Morgan fingerprint density at radius 1 is 1.04 bits per heavy atom. The monoisotopic (exact) mass is 768 g/mol. The van der Waals surface area contributed by atoms with Crippen LogP contribution in [0.5, 0.6) is 17.4 Å². The summed E-state index contributed by atoms with van der Waals surface area (Å²) in [5.74, 6) is 0.404. The topological polar surface area (TPSA) is 141 Å². The second kappa shape index (κ2) is 18.9. The molecule has 3 unspecified atom stereocenters. The predicted octanol–water partition coefficient (Wildman–Crippen LogP) is 9.55. The van der Waals surface area contributed by atoms with E-state index in [0.29, 0.717) is 42.3 Å². The van der Waals surface area contributed by atoms with Gasteiger partial charge in [-0.1, -0.05) is 64.7 Å². The van der Waals surface area contributed by atoms with Gasteiger partial charge in [-0.15, -0.1) is 0 Å². The maximum atomic E-state index is 14.0. The first-order valence-corrected chi connectivity index (χ1v) is 19.9. The molecule has 5 rings (SSSR count). The summed E-state index contributed by atoms with van der Waals surface area (Å²) in [6.45, 7) is 22.7.